The number of hydrogen-bond donors (Lipinski definition) is 2. The predicted octanol–water partition coefficient (Wildman–Crippen LogP) is 2.76. The number of nitrogens with zero attached hydrogens (tertiary/aromatic N) is 1. The summed E-state index contributed by atoms with van der Waals surface area (Å²) in [5.41, 5.74) is 1.17. The van der Waals surface area contributed by atoms with E-state index in [0.717, 1.165) is 37.7 Å². The maximum atomic E-state index is 10.3. The highest BCUT2D eigenvalue weighted by Gasteiger charge is 2.15. The molecule has 0 radical (unpaired) electrons. The van der Waals surface area contributed by atoms with Crippen molar-refractivity contribution in [1.29, 1.82) is 0 Å². The minimum Gasteiger partial charge on any atom is -0.493 e. The molecule has 1 heterocycles. The molecule has 148 valence electrons. The Morgan fingerprint density at radius 3 is 2.65 bits per heavy atom. The first-order valence-electron chi connectivity index (χ1n) is 9.62. The van der Waals surface area contributed by atoms with Gasteiger partial charge in [-0.05, 0) is 49.9 Å². The van der Waals surface area contributed by atoms with Gasteiger partial charge >= 0.3 is 0 Å². The Morgan fingerprint density at radius 2 is 1.96 bits per heavy atom. The monoisotopic (exact) mass is 382 g/mol. The van der Waals surface area contributed by atoms with Crippen LogP contribution in [0, 0.1) is 0 Å². The normalized spacial score (nSPS) is 16.9. The average Bonchev–Trinajstić information content (AvgIpc) is 2.92. The highest BCUT2D eigenvalue weighted by Crippen LogP contribution is 2.28. The number of nitrogens with one attached hydrogen (secondary N) is 1. The number of rotatable bonds is 11. The molecule has 0 spiro atoms. The van der Waals surface area contributed by atoms with Crippen LogP contribution in [0.3, 0.4) is 0 Å². The first-order valence-corrected chi connectivity index (χ1v) is 11.0. The van der Waals surface area contributed by atoms with Gasteiger partial charge in [-0.15, -0.1) is 0 Å². The average molecular weight is 383 g/mol. The van der Waals surface area contributed by atoms with Crippen molar-refractivity contribution in [2.45, 2.75) is 38.3 Å². The molecule has 5 nitrogen and oxygen atoms in total. The molecule has 0 aromatic heterocycles. The summed E-state index contributed by atoms with van der Waals surface area (Å²) in [5.74, 6) is 2.51. The van der Waals surface area contributed by atoms with Gasteiger partial charge in [0.25, 0.3) is 0 Å². The number of β-amino-alcohol motifs (C(OH)–C–C–N with tert-alkyl or cyclic N) is 1. The molecule has 2 N–H and O–H groups in total. The van der Waals surface area contributed by atoms with E-state index >= 15 is 0 Å². The van der Waals surface area contributed by atoms with E-state index in [2.05, 4.69) is 16.5 Å². The van der Waals surface area contributed by atoms with Crippen molar-refractivity contribution in [3.8, 4) is 11.5 Å². The van der Waals surface area contributed by atoms with E-state index in [-0.39, 0.29) is 6.61 Å². The van der Waals surface area contributed by atoms with Crippen molar-refractivity contribution in [1.82, 2.24) is 10.2 Å². The smallest absolute Gasteiger partial charge is 0.161 e. The van der Waals surface area contributed by atoms with Crippen LogP contribution in [0.15, 0.2) is 18.2 Å². The minimum absolute atomic E-state index is 0.290. The van der Waals surface area contributed by atoms with Crippen LogP contribution < -0.4 is 14.8 Å². The highest BCUT2D eigenvalue weighted by atomic mass is 32.2. The summed E-state index contributed by atoms with van der Waals surface area (Å²) in [6.07, 6.45) is 6.70. The highest BCUT2D eigenvalue weighted by molar-refractivity contribution is 7.98. The Bertz CT molecular complexity index is 508. The van der Waals surface area contributed by atoms with E-state index in [4.69, 9.17) is 9.47 Å². The Balaban J connectivity index is 1.79. The SMILES string of the molecule is COc1cc(CNCCSC)ccc1OC[C@@H](O)CN1CCCCCC1. The van der Waals surface area contributed by atoms with Crippen LogP contribution in [-0.4, -0.2) is 68.0 Å². The van der Waals surface area contributed by atoms with Gasteiger partial charge < -0.3 is 24.8 Å². The summed E-state index contributed by atoms with van der Waals surface area (Å²) in [6.45, 7) is 4.94. The lowest BCUT2D eigenvalue weighted by Gasteiger charge is -2.23. The van der Waals surface area contributed by atoms with E-state index < -0.39 is 6.10 Å². The van der Waals surface area contributed by atoms with Crippen LogP contribution in [-0.2, 0) is 6.54 Å². The molecule has 1 fully saturated rings. The van der Waals surface area contributed by atoms with Gasteiger partial charge in [-0.1, -0.05) is 18.9 Å². The molecule has 0 bridgehead atoms. The Kier molecular flexibility index (Phi) is 10.2. The van der Waals surface area contributed by atoms with E-state index in [1.165, 1.54) is 31.2 Å². The van der Waals surface area contributed by atoms with Crippen molar-refractivity contribution >= 4 is 11.8 Å². The molecule has 6 heteroatoms. The molecule has 0 aliphatic carbocycles. The van der Waals surface area contributed by atoms with Gasteiger partial charge in [-0.25, -0.2) is 0 Å². The number of aliphatic hydroxyl groups excluding tert-OH is 1. The van der Waals surface area contributed by atoms with Gasteiger partial charge in [0.2, 0.25) is 0 Å². The molecule has 1 saturated heterocycles. The maximum absolute atomic E-state index is 10.3. The number of thioether (sulfide) groups is 1. The van der Waals surface area contributed by atoms with Gasteiger partial charge in [0.05, 0.1) is 7.11 Å². The number of hydrogen-bond acceptors (Lipinski definition) is 6. The number of ether oxygens (including phenoxy) is 2. The fraction of sp³-hybridized carbons (Fsp3) is 0.700. The van der Waals surface area contributed by atoms with Gasteiger partial charge in [0, 0.05) is 25.4 Å². The molecule has 1 aromatic carbocycles. The summed E-state index contributed by atoms with van der Waals surface area (Å²) >= 11 is 1.84. The lowest BCUT2D eigenvalue weighted by Crippen LogP contribution is -2.36. The lowest BCUT2D eigenvalue weighted by atomic mass is 10.2. The Hall–Kier alpha value is -0.950. The standard InChI is InChI=1S/C20H34N2O3S/c1-24-20-13-17(14-21-9-12-26-2)7-8-19(20)25-16-18(23)15-22-10-5-3-4-6-11-22/h7-8,13,18,21,23H,3-6,9-12,14-16H2,1-2H3/t18-/m0/s1. The third kappa shape index (κ3) is 7.74. The van der Waals surface area contributed by atoms with E-state index in [0.29, 0.717) is 12.3 Å². The molecule has 1 aromatic rings. The zero-order valence-electron chi connectivity index (χ0n) is 16.2. The molecule has 1 atom stereocenters. The van der Waals surface area contributed by atoms with Crippen LogP contribution in [0.5, 0.6) is 11.5 Å². The van der Waals surface area contributed by atoms with E-state index in [1.807, 2.05) is 30.0 Å². The Labute approximate surface area is 162 Å². The summed E-state index contributed by atoms with van der Waals surface area (Å²) in [5, 5.41) is 13.7. The first-order chi connectivity index (χ1) is 12.7. The van der Waals surface area contributed by atoms with Crippen LogP contribution in [0.1, 0.15) is 31.2 Å². The maximum Gasteiger partial charge on any atom is 0.161 e. The summed E-state index contributed by atoms with van der Waals surface area (Å²) in [4.78, 5) is 2.35. The number of methoxy groups -OCH3 is 1. The van der Waals surface area contributed by atoms with Crippen molar-refractivity contribution < 1.29 is 14.6 Å². The summed E-state index contributed by atoms with van der Waals surface area (Å²) in [6, 6.07) is 5.98. The second-order valence-electron chi connectivity index (χ2n) is 6.83. The molecule has 0 saturated carbocycles. The van der Waals surface area contributed by atoms with Crippen molar-refractivity contribution in [2.75, 3.05) is 51.9 Å². The summed E-state index contributed by atoms with van der Waals surface area (Å²) in [7, 11) is 1.65. The van der Waals surface area contributed by atoms with Crippen LogP contribution >= 0.6 is 11.8 Å². The largest absolute Gasteiger partial charge is 0.493 e. The van der Waals surface area contributed by atoms with E-state index in [1.54, 1.807) is 7.11 Å². The third-order valence-electron chi connectivity index (χ3n) is 4.64. The lowest BCUT2D eigenvalue weighted by molar-refractivity contribution is 0.0683. The zero-order chi connectivity index (χ0) is 18.6. The molecule has 0 unspecified atom stereocenters. The number of benzene rings is 1. The van der Waals surface area contributed by atoms with Gasteiger partial charge in [0.15, 0.2) is 11.5 Å². The fourth-order valence-electron chi connectivity index (χ4n) is 3.20. The fourth-order valence-corrected chi connectivity index (χ4v) is 3.55. The molecule has 0 amide bonds. The van der Waals surface area contributed by atoms with Crippen molar-refractivity contribution in [3.63, 3.8) is 0 Å². The summed E-state index contributed by atoms with van der Waals surface area (Å²) < 4.78 is 11.3. The Morgan fingerprint density at radius 1 is 1.19 bits per heavy atom. The molecular weight excluding hydrogens is 348 g/mol. The van der Waals surface area contributed by atoms with Gasteiger partial charge in [-0.2, -0.15) is 11.8 Å². The van der Waals surface area contributed by atoms with E-state index in [9.17, 15) is 5.11 Å². The molecule has 1 aliphatic heterocycles. The van der Waals surface area contributed by atoms with Crippen LogP contribution in [0.4, 0.5) is 0 Å². The second-order valence-corrected chi connectivity index (χ2v) is 7.82. The van der Waals surface area contributed by atoms with Crippen molar-refractivity contribution in [2.24, 2.45) is 0 Å². The van der Waals surface area contributed by atoms with Crippen LogP contribution in [0.25, 0.3) is 0 Å². The van der Waals surface area contributed by atoms with Gasteiger partial charge in [0.1, 0.15) is 12.7 Å². The number of likely N-dealkylation sites (tertiary alicyclic amines) is 1. The van der Waals surface area contributed by atoms with Crippen molar-refractivity contribution in [3.05, 3.63) is 23.8 Å². The third-order valence-corrected chi connectivity index (χ3v) is 5.25. The zero-order valence-corrected chi connectivity index (χ0v) is 17.0. The quantitative estimate of drug-likeness (QED) is 0.574. The molecular formula is C20H34N2O3S. The predicted molar refractivity (Wildman–Crippen MR) is 109 cm³/mol. The van der Waals surface area contributed by atoms with Crippen LogP contribution in [0.2, 0.25) is 0 Å². The molecule has 2 rings (SSSR count). The first kappa shape index (κ1) is 21.4. The minimum atomic E-state index is -0.481. The second kappa shape index (κ2) is 12.4. The number of aliphatic hydroxyl groups is 1. The topological polar surface area (TPSA) is 54.0 Å². The molecule has 1 aliphatic rings. The van der Waals surface area contributed by atoms with Gasteiger partial charge in [-0.3, -0.25) is 0 Å². The molecule has 26 heavy (non-hydrogen) atoms.